The van der Waals surface area contributed by atoms with Gasteiger partial charge in [-0.05, 0) is 49.6 Å². The molecular formula is C22H23N3O3S2. The molecule has 2 aliphatic heterocycles. The Bertz CT molecular complexity index is 1050. The van der Waals surface area contributed by atoms with Crippen molar-refractivity contribution in [1.82, 2.24) is 9.47 Å². The van der Waals surface area contributed by atoms with Crippen molar-refractivity contribution in [2.75, 3.05) is 24.2 Å². The van der Waals surface area contributed by atoms with Crippen molar-refractivity contribution >= 4 is 45.7 Å². The van der Waals surface area contributed by atoms with E-state index in [0.717, 1.165) is 36.1 Å². The van der Waals surface area contributed by atoms with Crippen LogP contribution in [0.4, 0.5) is 5.69 Å². The summed E-state index contributed by atoms with van der Waals surface area (Å²) in [5, 5.41) is 2.84. The number of amides is 1. The Hall–Kier alpha value is -2.45. The Morgan fingerprint density at radius 1 is 1.13 bits per heavy atom. The van der Waals surface area contributed by atoms with Gasteiger partial charge in [-0.25, -0.2) is 0 Å². The molecule has 2 aromatic rings. The van der Waals surface area contributed by atoms with Gasteiger partial charge in [0.1, 0.15) is 4.32 Å². The van der Waals surface area contributed by atoms with Gasteiger partial charge in [0.05, 0.1) is 5.75 Å². The molecule has 156 valence electrons. The summed E-state index contributed by atoms with van der Waals surface area (Å²) in [4.78, 5) is 38.0. The molecule has 1 fully saturated rings. The average molecular weight is 442 g/mol. The molecule has 30 heavy (non-hydrogen) atoms. The van der Waals surface area contributed by atoms with Crippen molar-refractivity contribution in [3.05, 3.63) is 64.1 Å². The Kier molecular flexibility index (Phi) is 6.06. The molecule has 1 N–H and O–H groups in total. The highest BCUT2D eigenvalue weighted by molar-refractivity contribution is 8.23. The lowest BCUT2D eigenvalue weighted by Crippen LogP contribution is -2.48. The molecule has 1 saturated heterocycles. The van der Waals surface area contributed by atoms with Crippen LogP contribution in [0, 0.1) is 5.92 Å². The number of carbonyl (C=O) groups excluding carboxylic acids is 2. The minimum absolute atomic E-state index is 0.00687. The minimum atomic E-state index is -0.132. The van der Waals surface area contributed by atoms with Crippen LogP contribution in [0.5, 0.6) is 0 Å². The fourth-order valence-electron chi connectivity index (χ4n) is 4.25. The van der Waals surface area contributed by atoms with Crippen LogP contribution in [0.25, 0.3) is 0 Å². The molecule has 2 aliphatic rings. The van der Waals surface area contributed by atoms with Crippen LogP contribution in [0.15, 0.2) is 47.3 Å². The molecule has 2 atom stereocenters. The lowest BCUT2D eigenvalue weighted by molar-refractivity contribution is -0.113. The lowest BCUT2D eigenvalue weighted by Gasteiger charge is -2.43. The van der Waals surface area contributed by atoms with Gasteiger partial charge < -0.3 is 14.8 Å². The van der Waals surface area contributed by atoms with Crippen molar-refractivity contribution in [1.29, 1.82) is 0 Å². The number of nitrogens with zero attached hydrogens (tertiary/aromatic N) is 2. The maximum atomic E-state index is 12.3. The van der Waals surface area contributed by atoms with Crippen LogP contribution in [0.3, 0.4) is 0 Å². The lowest BCUT2D eigenvalue weighted by atomic mass is 9.83. The minimum Gasteiger partial charge on any atom is -0.356 e. The first-order chi connectivity index (χ1) is 14.4. The number of likely N-dealkylation sites (tertiary alicyclic amines) is 1. The van der Waals surface area contributed by atoms with E-state index in [1.165, 1.54) is 18.7 Å². The first-order valence-corrected chi connectivity index (χ1v) is 11.3. The van der Waals surface area contributed by atoms with E-state index in [9.17, 15) is 14.4 Å². The van der Waals surface area contributed by atoms with E-state index in [2.05, 4.69) is 10.2 Å². The summed E-state index contributed by atoms with van der Waals surface area (Å²) < 4.78 is 2.62. The summed E-state index contributed by atoms with van der Waals surface area (Å²) in [6.45, 7) is 3.83. The Labute approximate surface area is 184 Å². The van der Waals surface area contributed by atoms with E-state index in [1.807, 2.05) is 16.7 Å². The molecule has 8 heteroatoms. The number of carbonyl (C=O) groups is 2. The number of aromatic nitrogens is 1. The topological polar surface area (TPSA) is 71.4 Å². The molecular weight excluding hydrogens is 418 g/mol. The maximum Gasteiger partial charge on any atom is 0.250 e. The van der Waals surface area contributed by atoms with Gasteiger partial charge in [0.25, 0.3) is 5.56 Å². The number of Topliss-reactive ketones (excluding diaryl/α,β-unsaturated/α-hetero) is 1. The van der Waals surface area contributed by atoms with Crippen molar-refractivity contribution in [2.45, 2.75) is 25.8 Å². The molecule has 1 amide bonds. The van der Waals surface area contributed by atoms with Crippen LogP contribution in [-0.2, 0) is 11.3 Å². The third kappa shape index (κ3) is 4.49. The van der Waals surface area contributed by atoms with E-state index < -0.39 is 0 Å². The maximum absolute atomic E-state index is 12.3. The zero-order valence-electron chi connectivity index (χ0n) is 16.7. The second-order valence-electron chi connectivity index (χ2n) is 7.84. The number of pyridine rings is 1. The van der Waals surface area contributed by atoms with Gasteiger partial charge in [-0.15, -0.1) is 0 Å². The molecule has 3 heterocycles. The zero-order valence-corrected chi connectivity index (χ0v) is 18.3. The van der Waals surface area contributed by atoms with Crippen molar-refractivity contribution in [2.24, 2.45) is 5.92 Å². The van der Waals surface area contributed by atoms with Crippen LogP contribution < -0.4 is 10.9 Å². The van der Waals surface area contributed by atoms with Crippen molar-refractivity contribution in [3.63, 3.8) is 0 Å². The number of ketones is 1. The van der Waals surface area contributed by atoms with Crippen molar-refractivity contribution in [3.8, 4) is 0 Å². The van der Waals surface area contributed by atoms with Gasteiger partial charge in [-0.3, -0.25) is 14.4 Å². The molecule has 0 spiro atoms. The summed E-state index contributed by atoms with van der Waals surface area (Å²) >= 11 is 6.97. The Balaban J connectivity index is 1.32. The number of hydrogen-bond acceptors (Lipinski definition) is 5. The molecule has 6 nitrogen and oxygen atoms in total. The van der Waals surface area contributed by atoms with Gasteiger partial charge in [0.2, 0.25) is 5.91 Å². The molecule has 0 radical (unpaired) electrons. The highest BCUT2D eigenvalue weighted by Gasteiger charge is 2.35. The zero-order chi connectivity index (χ0) is 21.3. The SMILES string of the molecule is CC(=O)c1ccc(NC(=O)CSC(=S)N2C[C@H]3C[C@@H](C2)c2cccc(=O)n2C3)cc1. The van der Waals surface area contributed by atoms with Crippen LogP contribution in [0.1, 0.15) is 35.3 Å². The fraction of sp³-hybridized carbons (Fsp3) is 0.364. The number of anilines is 1. The van der Waals surface area contributed by atoms with Crippen molar-refractivity contribution < 1.29 is 9.59 Å². The monoisotopic (exact) mass is 441 g/mol. The fourth-order valence-corrected chi connectivity index (χ4v) is 5.23. The molecule has 1 aromatic carbocycles. The number of thiocarbonyl (C=S) groups is 1. The highest BCUT2D eigenvalue weighted by atomic mass is 32.2. The Morgan fingerprint density at radius 2 is 1.90 bits per heavy atom. The number of thioether (sulfide) groups is 1. The van der Waals surface area contributed by atoms with E-state index in [4.69, 9.17) is 12.2 Å². The molecule has 0 aliphatic carbocycles. The van der Waals surface area contributed by atoms with Crippen LogP contribution >= 0.6 is 24.0 Å². The van der Waals surface area contributed by atoms with Crippen LogP contribution in [-0.4, -0.2) is 44.3 Å². The Morgan fingerprint density at radius 3 is 2.63 bits per heavy atom. The van der Waals surface area contributed by atoms with Gasteiger partial charge >= 0.3 is 0 Å². The summed E-state index contributed by atoms with van der Waals surface area (Å²) in [5.41, 5.74) is 2.43. The largest absolute Gasteiger partial charge is 0.356 e. The first kappa shape index (κ1) is 20.8. The summed E-state index contributed by atoms with van der Waals surface area (Å²) in [6, 6.07) is 12.3. The van der Waals surface area contributed by atoms with Gasteiger partial charge in [-0.1, -0.05) is 30.0 Å². The second-order valence-corrected chi connectivity index (χ2v) is 9.45. The normalized spacial score (nSPS) is 19.7. The molecule has 4 rings (SSSR count). The number of nitrogens with one attached hydrogen (secondary N) is 1. The number of benzene rings is 1. The first-order valence-electron chi connectivity index (χ1n) is 9.93. The predicted molar refractivity (Wildman–Crippen MR) is 123 cm³/mol. The summed E-state index contributed by atoms with van der Waals surface area (Å²) in [6.07, 6.45) is 1.07. The van der Waals surface area contributed by atoms with Gasteiger partial charge in [0.15, 0.2) is 5.78 Å². The second kappa shape index (κ2) is 8.73. The molecule has 0 unspecified atom stereocenters. The van der Waals surface area contributed by atoms with E-state index in [-0.39, 0.29) is 23.0 Å². The molecule has 0 saturated carbocycles. The summed E-state index contributed by atoms with van der Waals surface area (Å²) in [7, 11) is 0. The third-order valence-corrected chi connectivity index (χ3v) is 7.16. The van der Waals surface area contributed by atoms with E-state index in [1.54, 1.807) is 30.3 Å². The average Bonchev–Trinajstić information content (AvgIpc) is 2.73. The smallest absolute Gasteiger partial charge is 0.250 e. The predicted octanol–water partition coefficient (Wildman–Crippen LogP) is 3.13. The number of hydrogen-bond donors (Lipinski definition) is 1. The number of fused-ring (bicyclic) bond motifs is 4. The number of rotatable bonds is 4. The van der Waals surface area contributed by atoms with E-state index in [0.29, 0.717) is 23.1 Å². The van der Waals surface area contributed by atoms with E-state index >= 15 is 0 Å². The standard InChI is InChI=1S/C22H23N3O3S2/c1-14(26)16-5-7-18(8-6-16)23-20(27)13-30-22(29)24-10-15-9-17(12-24)19-3-2-4-21(28)25(19)11-15/h2-8,15,17H,9-13H2,1H3,(H,23,27)/t15-,17+/m1/s1. The van der Waals surface area contributed by atoms with Crippen LogP contribution in [0.2, 0.25) is 0 Å². The summed E-state index contributed by atoms with van der Waals surface area (Å²) in [5.74, 6) is 0.775. The molecule has 1 aromatic heterocycles. The van der Waals surface area contributed by atoms with Gasteiger partial charge in [0, 0.05) is 48.6 Å². The van der Waals surface area contributed by atoms with Gasteiger partial charge in [-0.2, -0.15) is 0 Å². The molecule has 2 bridgehead atoms. The third-order valence-electron chi connectivity index (χ3n) is 5.64. The quantitative estimate of drug-likeness (QED) is 0.581. The highest BCUT2D eigenvalue weighted by Crippen LogP contribution is 2.36. The number of piperidine rings is 1.